The molecule has 0 radical (unpaired) electrons. The van der Waals surface area contributed by atoms with E-state index in [0.717, 1.165) is 0 Å². The number of aromatic hydroxyl groups is 1. The van der Waals surface area contributed by atoms with Crippen molar-refractivity contribution in [3.63, 3.8) is 0 Å². The number of halogens is 2. The SMILES string of the molecule is COc1nc(OC)nc(Oc2ccc(F)cc2)n1.Oc1ccc(F)cc1. The van der Waals surface area contributed by atoms with Gasteiger partial charge in [0.05, 0.1) is 14.2 Å². The first kappa shape index (κ1) is 18.8. The Morgan fingerprint density at radius 3 is 1.54 bits per heavy atom. The monoisotopic (exact) mass is 363 g/mol. The molecule has 1 aromatic heterocycles. The zero-order valence-corrected chi connectivity index (χ0v) is 13.9. The molecular weight excluding hydrogens is 348 g/mol. The number of methoxy groups -OCH3 is 2. The van der Waals surface area contributed by atoms with Crippen LogP contribution in [0, 0.1) is 11.6 Å². The van der Waals surface area contributed by atoms with E-state index in [1.165, 1.54) is 62.8 Å². The maximum Gasteiger partial charge on any atom is 0.331 e. The highest BCUT2D eigenvalue weighted by molar-refractivity contribution is 5.25. The zero-order valence-electron chi connectivity index (χ0n) is 13.9. The van der Waals surface area contributed by atoms with Gasteiger partial charge in [-0.25, -0.2) is 8.78 Å². The minimum atomic E-state index is -0.354. The molecule has 0 aliphatic rings. The van der Waals surface area contributed by atoms with Crippen LogP contribution in [-0.2, 0) is 0 Å². The highest BCUT2D eigenvalue weighted by Crippen LogP contribution is 2.21. The van der Waals surface area contributed by atoms with Gasteiger partial charge in [0.2, 0.25) is 0 Å². The summed E-state index contributed by atoms with van der Waals surface area (Å²) in [5, 5.41) is 8.59. The molecule has 2 aromatic carbocycles. The molecule has 1 N–H and O–H groups in total. The largest absolute Gasteiger partial charge is 0.508 e. The van der Waals surface area contributed by atoms with Gasteiger partial charge in [-0.2, -0.15) is 0 Å². The van der Waals surface area contributed by atoms with Crippen molar-refractivity contribution >= 4 is 0 Å². The fourth-order valence-electron chi connectivity index (χ4n) is 1.60. The minimum absolute atomic E-state index is 0.00491. The smallest absolute Gasteiger partial charge is 0.331 e. The molecule has 3 rings (SSSR count). The van der Waals surface area contributed by atoms with Gasteiger partial charge in [0.15, 0.2) is 0 Å². The number of rotatable bonds is 4. The predicted molar refractivity (Wildman–Crippen MR) is 87.5 cm³/mol. The van der Waals surface area contributed by atoms with Gasteiger partial charge in [0.25, 0.3) is 0 Å². The Balaban J connectivity index is 0.000000254. The third-order valence-corrected chi connectivity index (χ3v) is 2.79. The molecular formula is C17H15F2N3O4. The lowest BCUT2D eigenvalue weighted by molar-refractivity contribution is 0.320. The van der Waals surface area contributed by atoms with Gasteiger partial charge in [0.1, 0.15) is 23.1 Å². The summed E-state index contributed by atoms with van der Waals surface area (Å²) in [7, 11) is 2.83. The van der Waals surface area contributed by atoms with Gasteiger partial charge < -0.3 is 19.3 Å². The summed E-state index contributed by atoms with van der Waals surface area (Å²) in [5.74, 6) is -0.200. The Bertz CT molecular complexity index is 787. The summed E-state index contributed by atoms with van der Waals surface area (Å²) in [4.78, 5) is 11.6. The number of phenolic OH excluding ortho intramolecular Hbond substituents is 1. The van der Waals surface area contributed by atoms with E-state index in [0.29, 0.717) is 5.75 Å². The van der Waals surface area contributed by atoms with Crippen LogP contribution < -0.4 is 14.2 Å². The van der Waals surface area contributed by atoms with Gasteiger partial charge in [-0.1, -0.05) is 0 Å². The van der Waals surface area contributed by atoms with Crippen LogP contribution >= 0.6 is 0 Å². The van der Waals surface area contributed by atoms with Crippen molar-refractivity contribution in [2.45, 2.75) is 0 Å². The molecule has 0 atom stereocenters. The average Bonchev–Trinajstić information content (AvgIpc) is 2.66. The molecule has 0 aliphatic heterocycles. The second-order valence-corrected chi connectivity index (χ2v) is 4.62. The van der Waals surface area contributed by atoms with E-state index in [4.69, 9.17) is 19.3 Å². The first-order chi connectivity index (χ1) is 12.5. The van der Waals surface area contributed by atoms with Gasteiger partial charge in [0, 0.05) is 0 Å². The first-order valence-corrected chi connectivity index (χ1v) is 7.22. The van der Waals surface area contributed by atoms with E-state index in [2.05, 4.69) is 15.0 Å². The lowest BCUT2D eigenvalue weighted by Gasteiger charge is -2.06. The van der Waals surface area contributed by atoms with E-state index < -0.39 is 0 Å². The Morgan fingerprint density at radius 2 is 1.12 bits per heavy atom. The Morgan fingerprint density at radius 1 is 0.692 bits per heavy atom. The van der Waals surface area contributed by atoms with Crippen molar-refractivity contribution in [1.29, 1.82) is 0 Å². The van der Waals surface area contributed by atoms with Crippen LogP contribution in [0.25, 0.3) is 0 Å². The molecule has 0 bridgehead atoms. The van der Waals surface area contributed by atoms with Crippen molar-refractivity contribution in [3.8, 4) is 29.5 Å². The maximum absolute atomic E-state index is 12.7. The van der Waals surface area contributed by atoms with Crippen LogP contribution in [0.2, 0.25) is 0 Å². The molecule has 0 saturated heterocycles. The third kappa shape index (κ3) is 5.86. The minimum Gasteiger partial charge on any atom is -0.508 e. The number of benzene rings is 2. The Hall–Kier alpha value is -3.49. The van der Waals surface area contributed by atoms with Crippen molar-refractivity contribution in [2.24, 2.45) is 0 Å². The van der Waals surface area contributed by atoms with Crippen molar-refractivity contribution in [2.75, 3.05) is 14.2 Å². The van der Waals surface area contributed by atoms with Crippen LogP contribution in [0.1, 0.15) is 0 Å². The molecule has 0 fully saturated rings. The number of phenols is 1. The zero-order chi connectivity index (χ0) is 18.9. The Kier molecular flexibility index (Phi) is 6.60. The highest BCUT2D eigenvalue weighted by atomic mass is 19.1. The number of hydrogen-bond acceptors (Lipinski definition) is 7. The summed E-state index contributed by atoms with van der Waals surface area (Å²) in [6, 6.07) is 10.6. The summed E-state index contributed by atoms with van der Waals surface area (Å²) in [6.07, 6.45) is 0. The molecule has 0 unspecified atom stereocenters. The number of ether oxygens (including phenoxy) is 3. The molecule has 9 heteroatoms. The molecule has 26 heavy (non-hydrogen) atoms. The van der Waals surface area contributed by atoms with E-state index in [-0.39, 0.29) is 35.4 Å². The average molecular weight is 363 g/mol. The Labute approximate surface area is 147 Å². The van der Waals surface area contributed by atoms with Crippen molar-refractivity contribution < 1.29 is 28.1 Å². The molecule has 1 heterocycles. The lowest BCUT2D eigenvalue weighted by Crippen LogP contribution is -2.01. The number of hydrogen-bond donors (Lipinski definition) is 1. The molecule has 0 spiro atoms. The van der Waals surface area contributed by atoms with Crippen LogP contribution in [0.4, 0.5) is 8.78 Å². The molecule has 7 nitrogen and oxygen atoms in total. The van der Waals surface area contributed by atoms with E-state index in [1.54, 1.807) is 0 Å². The molecule has 136 valence electrons. The van der Waals surface area contributed by atoms with Crippen LogP contribution in [0.3, 0.4) is 0 Å². The second kappa shape index (κ2) is 9.11. The van der Waals surface area contributed by atoms with Crippen molar-refractivity contribution in [1.82, 2.24) is 15.0 Å². The number of nitrogens with zero attached hydrogens (tertiary/aromatic N) is 3. The summed E-state index contributed by atoms with van der Waals surface area (Å²) in [5.41, 5.74) is 0. The van der Waals surface area contributed by atoms with Gasteiger partial charge in [-0.05, 0) is 48.5 Å². The normalized spacial score (nSPS) is 9.69. The molecule has 0 saturated carbocycles. The van der Waals surface area contributed by atoms with Crippen LogP contribution in [-0.4, -0.2) is 34.3 Å². The number of aromatic nitrogens is 3. The molecule has 0 aliphatic carbocycles. The molecule has 0 amide bonds. The van der Waals surface area contributed by atoms with Gasteiger partial charge in [-0.15, -0.1) is 15.0 Å². The van der Waals surface area contributed by atoms with Crippen LogP contribution in [0.15, 0.2) is 48.5 Å². The second-order valence-electron chi connectivity index (χ2n) is 4.62. The standard InChI is InChI=1S/C11H10FN3O3.C6H5FO/c1-16-9-13-10(17-2)15-11(14-9)18-8-5-3-7(12)4-6-8;7-5-1-3-6(8)4-2-5/h3-6H,1-2H3;1-4,8H. The summed E-state index contributed by atoms with van der Waals surface area (Å²) >= 11 is 0. The molecule has 3 aromatic rings. The topological polar surface area (TPSA) is 86.6 Å². The van der Waals surface area contributed by atoms with Crippen LogP contribution in [0.5, 0.6) is 29.5 Å². The third-order valence-electron chi connectivity index (χ3n) is 2.79. The van der Waals surface area contributed by atoms with E-state index in [1.807, 2.05) is 0 Å². The van der Waals surface area contributed by atoms with Crippen molar-refractivity contribution in [3.05, 3.63) is 60.2 Å². The lowest BCUT2D eigenvalue weighted by atomic mass is 10.3. The van der Waals surface area contributed by atoms with Gasteiger partial charge >= 0.3 is 18.0 Å². The van der Waals surface area contributed by atoms with E-state index in [9.17, 15) is 8.78 Å². The summed E-state index contributed by atoms with van der Waals surface area (Å²) < 4.78 is 39.8. The van der Waals surface area contributed by atoms with E-state index >= 15 is 0 Å². The fourth-order valence-corrected chi connectivity index (χ4v) is 1.60. The highest BCUT2D eigenvalue weighted by Gasteiger charge is 2.09. The maximum atomic E-state index is 12.7. The first-order valence-electron chi connectivity index (χ1n) is 7.22. The fraction of sp³-hybridized carbons (Fsp3) is 0.118. The predicted octanol–water partition coefficient (Wildman–Crippen LogP) is 3.35. The summed E-state index contributed by atoms with van der Waals surface area (Å²) in [6.45, 7) is 0. The van der Waals surface area contributed by atoms with Gasteiger partial charge in [-0.3, -0.25) is 0 Å². The quantitative estimate of drug-likeness (QED) is 0.761.